The standard InChI is InChI=1S/C24H25F4N3O3/c1-13(16-7-4-8-18(22(16)25)24(26,27)28)29-23-17-10-21(34-12-15-6-5-9-33-15)20(32-3)11-19(17)30-14(2)31-23/h4,7-8,10-11,13,15H,5-6,9,12H2,1-3H3,(H,29,30,31)/t13-,15-/m1/s1. The number of fused-ring (bicyclic) bond motifs is 1. The smallest absolute Gasteiger partial charge is 0.419 e. The molecule has 1 aliphatic rings. The van der Waals surface area contributed by atoms with E-state index in [0.29, 0.717) is 47.3 Å². The number of halogens is 4. The summed E-state index contributed by atoms with van der Waals surface area (Å²) in [6.45, 7) is 4.31. The predicted octanol–water partition coefficient (Wildman–Crippen LogP) is 5.84. The number of anilines is 1. The Bertz CT molecular complexity index is 1180. The lowest BCUT2D eigenvalue weighted by atomic mass is 10.0. The van der Waals surface area contributed by atoms with Gasteiger partial charge in [-0.15, -0.1) is 0 Å². The number of ether oxygens (including phenoxy) is 3. The summed E-state index contributed by atoms with van der Waals surface area (Å²) in [5, 5.41) is 3.61. The molecule has 2 atom stereocenters. The molecule has 0 saturated carbocycles. The molecule has 2 heterocycles. The van der Waals surface area contributed by atoms with E-state index in [9.17, 15) is 17.6 Å². The van der Waals surface area contributed by atoms with Crippen LogP contribution in [0.15, 0.2) is 30.3 Å². The molecule has 1 aliphatic heterocycles. The first-order valence-electron chi connectivity index (χ1n) is 10.9. The van der Waals surface area contributed by atoms with Crippen LogP contribution in [-0.2, 0) is 10.9 Å². The topological polar surface area (TPSA) is 65.5 Å². The average molecular weight is 479 g/mol. The zero-order valence-corrected chi connectivity index (χ0v) is 19.0. The van der Waals surface area contributed by atoms with Gasteiger partial charge >= 0.3 is 6.18 Å². The zero-order valence-electron chi connectivity index (χ0n) is 19.0. The number of benzene rings is 2. The largest absolute Gasteiger partial charge is 0.493 e. The molecular formula is C24H25F4N3O3. The van der Waals surface area contributed by atoms with E-state index in [-0.39, 0.29) is 11.7 Å². The first-order chi connectivity index (χ1) is 16.2. The van der Waals surface area contributed by atoms with Gasteiger partial charge in [0.2, 0.25) is 0 Å². The average Bonchev–Trinajstić information content (AvgIpc) is 3.30. The van der Waals surface area contributed by atoms with E-state index in [1.165, 1.54) is 19.2 Å². The van der Waals surface area contributed by atoms with E-state index >= 15 is 0 Å². The van der Waals surface area contributed by atoms with Gasteiger partial charge in [0.1, 0.15) is 24.1 Å². The summed E-state index contributed by atoms with van der Waals surface area (Å²) in [5.74, 6) is 0.399. The Hall–Kier alpha value is -3.14. The predicted molar refractivity (Wildman–Crippen MR) is 119 cm³/mol. The molecule has 0 aliphatic carbocycles. The highest BCUT2D eigenvalue weighted by Gasteiger charge is 2.35. The third-order valence-electron chi connectivity index (χ3n) is 5.70. The SMILES string of the molecule is COc1cc2nc(C)nc(N[C@H](C)c3cccc(C(F)(F)F)c3F)c2cc1OC[C@H]1CCCO1. The summed E-state index contributed by atoms with van der Waals surface area (Å²) >= 11 is 0. The molecule has 0 bridgehead atoms. The van der Waals surface area contributed by atoms with Crippen LogP contribution in [0.1, 0.15) is 42.8 Å². The van der Waals surface area contributed by atoms with Crippen LogP contribution in [0.2, 0.25) is 0 Å². The van der Waals surface area contributed by atoms with E-state index in [1.54, 1.807) is 26.0 Å². The van der Waals surface area contributed by atoms with Gasteiger partial charge < -0.3 is 19.5 Å². The van der Waals surface area contributed by atoms with Crippen LogP contribution in [-0.4, -0.2) is 36.4 Å². The molecule has 0 radical (unpaired) electrons. The van der Waals surface area contributed by atoms with Crippen LogP contribution in [0.4, 0.5) is 23.4 Å². The molecule has 34 heavy (non-hydrogen) atoms. The van der Waals surface area contributed by atoms with Gasteiger partial charge in [-0.3, -0.25) is 0 Å². The number of rotatable bonds is 7. The Morgan fingerprint density at radius 3 is 2.68 bits per heavy atom. The highest BCUT2D eigenvalue weighted by Crippen LogP contribution is 2.37. The van der Waals surface area contributed by atoms with Crippen molar-refractivity contribution in [3.8, 4) is 11.5 Å². The van der Waals surface area contributed by atoms with E-state index < -0.39 is 23.6 Å². The molecule has 2 aromatic carbocycles. The lowest BCUT2D eigenvalue weighted by molar-refractivity contribution is -0.140. The number of nitrogens with zero attached hydrogens (tertiary/aromatic N) is 2. The summed E-state index contributed by atoms with van der Waals surface area (Å²) < 4.78 is 71.2. The number of hydrogen-bond acceptors (Lipinski definition) is 6. The molecule has 3 aromatic rings. The minimum atomic E-state index is -4.79. The zero-order chi connectivity index (χ0) is 24.5. The fraction of sp³-hybridized carbons (Fsp3) is 0.417. The lowest BCUT2D eigenvalue weighted by Gasteiger charge is -2.20. The second-order valence-corrected chi connectivity index (χ2v) is 8.16. The molecule has 6 nitrogen and oxygen atoms in total. The monoisotopic (exact) mass is 479 g/mol. The van der Waals surface area contributed by atoms with E-state index in [1.807, 2.05) is 0 Å². The van der Waals surface area contributed by atoms with Crippen LogP contribution >= 0.6 is 0 Å². The summed E-state index contributed by atoms with van der Waals surface area (Å²) in [5.41, 5.74) is -0.882. The van der Waals surface area contributed by atoms with Gasteiger partial charge in [0.15, 0.2) is 11.5 Å². The molecule has 0 amide bonds. The summed E-state index contributed by atoms with van der Waals surface area (Å²) in [6, 6.07) is 5.83. The molecule has 1 aromatic heterocycles. The fourth-order valence-corrected chi connectivity index (χ4v) is 3.98. The van der Waals surface area contributed by atoms with Crippen LogP contribution in [0, 0.1) is 12.7 Å². The summed E-state index contributed by atoms with van der Waals surface area (Å²) in [4.78, 5) is 8.85. The Labute approximate surface area is 194 Å². The van der Waals surface area contributed by atoms with Gasteiger partial charge in [-0.2, -0.15) is 13.2 Å². The second-order valence-electron chi connectivity index (χ2n) is 8.16. The molecule has 1 saturated heterocycles. The minimum Gasteiger partial charge on any atom is -0.493 e. The number of methoxy groups -OCH3 is 1. The Morgan fingerprint density at radius 2 is 2.00 bits per heavy atom. The highest BCUT2D eigenvalue weighted by atomic mass is 19.4. The molecular weight excluding hydrogens is 454 g/mol. The van der Waals surface area contributed by atoms with Crippen molar-refractivity contribution < 1.29 is 31.8 Å². The molecule has 0 spiro atoms. The number of hydrogen-bond donors (Lipinski definition) is 1. The third-order valence-corrected chi connectivity index (χ3v) is 5.70. The van der Waals surface area contributed by atoms with Crippen LogP contribution < -0.4 is 14.8 Å². The summed E-state index contributed by atoms with van der Waals surface area (Å²) in [6.07, 6.45) is -2.90. The van der Waals surface area contributed by atoms with Gasteiger partial charge in [0, 0.05) is 23.6 Å². The normalized spacial score (nSPS) is 17.1. The quantitative estimate of drug-likeness (QED) is 0.430. The van der Waals surface area contributed by atoms with Gasteiger partial charge in [0.25, 0.3) is 0 Å². The third kappa shape index (κ3) is 5.01. The minimum absolute atomic E-state index is 0.00354. The number of alkyl halides is 3. The van der Waals surface area contributed by atoms with Crippen LogP contribution in [0.25, 0.3) is 10.9 Å². The summed E-state index contributed by atoms with van der Waals surface area (Å²) in [7, 11) is 1.52. The fourth-order valence-electron chi connectivity index (χ4n) is 3.98. The van der Waals surface area contributed by atoms with Gasteiger partial charge in [-0.1, -0.05) is 12.1 Å². The first-order valence-corrected chi connectivity index (χ1v) is 10.9. The maximum absolute atomic E-state index is 14.7. The van der Waals surface area contributed by atoms with Crippen molar-refractivity contribution in [2.24, 2.45) is 0 Å². The molecule has 1 N–H and O–H groups in total. The molecule has 4 rings (SSSR count). The van der Waals surface area contributed by atoms with E-state index in [0.717, 1.165) is 18.9 Å². The number of nitrogens with one attached hydrogen (secondary N) is 1. The molecule has 182 valence electrons. The maximum atomic E-state index is 14.7. The Morgan fingerprint density at radius 1 is 1.21 bits per heavy atom. The molecule has 0 unspecified atom stereocenters. The molecule has 10 heteroatoms. The van der Waals surface area contributed by atoms with Crippen molar-refractivity contribution >= 4 is 16.7 Å². The van der Waals surface area contributed by atoms with Gasteiger partial charge in [-0.05, 0) is 38.8 Å². The van der Waals surface area contributed by atoms with Crippen molar-refractivity contribution in [3.63, 3.8) is 0 Å². The van der Waals surface area contributed by atoms with Crippen LogP contribution in [0.3, 0.4) is 0 Å². The van der Waals surface area contributed by atoms with Gasteiger partial charge in [0.05, 0.1) is 30.3 Å². The highest BCUT2D eigenvalue weighted by molar-refractivity contribution is 5.92. The van der Waals surface area contributed by atoms with Crippen molar-refractivity contribution in [2.45, 2.75) is 45.0 Å². The van der Waals surface area contributed by atoms with E-state index in [4.69, 9.17) is 14.2 Å². The van der Waals surface area contributed by atoms with Crippen molar-refractivity contribution in [1.82, 2.24) is 9.97 Å². The van der Waals surface area contributed by atoms with Crippen molar-refractivity contribution in [3.05, 3.63) is 53.1 Å². The maximum Gasteiger partial charge on any atom is 0.419 e. The number of aromatic nitrogens is 2. The van der Waals surface area contributed by atoms with E-state index in [2.05, 4.69) is 15.3 Å². The van der Waals surface area contributed by atoms with Crippen molar-refractivity contribution in [1.29, 1.82) is 0 Å². The number of aryl methyl sites for hydroxylation is 1. The Kier molecular flexibility index (Phi) is 6.79. The second kappa shape index (κ2) is 9.61. The van der Waals surface area contributed by atoms with Crippen LogP contribution in [0.5, 0.6) is 11.5 Å². The first kappa shape index (κ1) is 24.0. The van der Waals surface area contributed by atoms with Gasteiger partial charge in [-0.25, -0.2) is 14.4 Å². The lowest BCUT2D eigenvalue weighted by Crippen LogP contribution is -2.17. The Balaban J connectivity index is 1.68. The molecule has 1 fully saturated rings. The van der Waals surface area contributed by atoms with Crippen molar-refractivity contribution in [2.75, 3.05) is 25.6 Å².